The second-order valence-corrected chi connectivity index (χ2v) is 6.41. The lowest BCUT2D eigenvalue weighted by Gasteiger charge is -2.10. The standard InChI is InChI=1S/C17H16ClN5O2/c1-11-14(10-23(20-11)13-6-4-12(18)5-7-13)15-19-16(25-21-15)17(24)22-8-2-3-9-22/h4-7,10H,2-3,8-9H2,1H3. The van der Waals surface area contributed by atoms with Crippen LogP contribution in [0, 0.1) is 6.92 Å². The third-order valence-corrected chi connectivity index (χ3v) is 4.49. The first-order valence-corrected chi connectivity index (χ1v) is 8.45. The summed E-state index contributed by atoms with van der Waals surface area (Å²) in [4.78, 5) is 18.3. The Labute approximate surface area is 149 Å². The van der Waals surface area contributed by atoms with Gasteiger partial charge in [0.2, 0.25) is 5.82 Å². The first kappa shape index (κ1) is 15.8. The van der Waals surface area contributed by atoms with Gasteiger partial charge >= 0.3 is 11.8 Å². The maximum absolute atomic E-state index is 12.3. The highest BCUT2D eigenvalue weighted by atomic mass is 35.5. The molecule has 1 saturated heterocycles. The zero-order valence-corrected chi connectivity index (χ0v) is 14.4. The number of aryl methyl sites for hydroxylation is 1. The van der Waals surface area contributed by atoms with Gasteiger partial charge < -0.3 is 9.42 Å². The Kier molecular flexibility index (Phi) is 4.01. The molecule has 3 heterocycles. The topological polar surface area (TPSA) is 77.0 Å². The van der Waals surface area contributed by atoms with Crippen molar-refractivity contribution in [2.75, 3.05) is 13.1 Å². The van der Waals surface area contributed by atoms with Crippen molar-refractivity contribution in [3.05, 3.63) is 47.1 Å². The highest BCUT2D eigenvalue weighted by Crippen LogP contribution is 2.23. The van der Waals surface area contributed by atoms with E-state index in [1.165, 1.54) is 0 Å². The maximum atomic E-state index is 12.3. The Bertz CT molecular complexity index is 910. The Morgan fingerprint density at radius 2 is 1.92 bits per heavy atom. The fraction of sp³-hybridized carbons (Fsp3) is 0.294. The van der Waals surface area contributed by atoms with Crippen LogP contribution in [0.25, 0.3) is 17.1 Å². The van der Waals surface area contributed by atoms with E-state index < -0.39 is 0 Å². The molecular formula is C17H16ClN5O2. The lowest BCUT2D eigenvalue weighted by molar-refractivity contribution is 0.0743. The number of hydrogen-bond donors (Lipinski definition) is 0. The van der Waals surface area contributed by atoms with Crippen molar-refractivity contribution >= 4 is 17.5 Å². The number of halogens is 1. The molecule has 1 aromatic carbocycles. The number of hydrogen-bond acceptors (Lipinski definition) is 5. The average Bonchev–Trinajstić information content (AvgIpc) is 3.35. The molecule has 0 N–H and O–H groups in total. The van der Waals surface area contributed by atoms with Gasteiger partial charge in [-0.1, -0.05) is 16.8 Å². The van der Waals surface area contributed by atoms with E-state index in [1.807, 2.05) is 25.3 Å². The molecular weight excluding hydrogens is 342 g/mol. The lowest BCUT2D eigenvalue weighted by atomic mass is 10.2. The molecule has 0 radical (unpaired) electrons. The summed E-state index contributed by atoms with van der Waals surface area (Å²) in [6, 6.07) is 7.34. The van der Waals surface area contributed by atoms with Crippen LogP contribution in [0.3, 0.4) is 0 Å². The lowest BCUT2D eigenvalue weighted by Crippen LogP contribution is -2.27. The number of nitrogens with zero attached hydrogens (tertiary/aromatic N) is 5. The molecule has 1 amide bonds. The minimum atomic E-state index is -0.209. The fourth-order valence-corrected chi connectivity index (χ4v) is 3.01. The first-order valence-electron chi connectivity index (χ1n) is 8.07. The summed E-state index contributed by atoms with van der Waals surface area (Å²) in [5.74, 6) is 0.176. The van der Waals surface area contributed by atoms with Crippen molar-refractivity contribution in [3.63, 3.8) is 0 Å². The van der Waals surface area contributed by atoms with Gasteiger partial charge in [0.05, 0.1) is 16.9 Å². The molecule has 0 spiro atoms. The number of carbonyl (C=O) groups excluding carboxylic acids is 1. The van der Waals surface area contributed by atoms with E-state index in [-0.39, 0.29) is 11.8 Å². The molecule has 0 saturated carbocycles. The monoisotopic (exact) mass is 357 g/mol. The molecule has 0 unspecified atom stereocenters. The minimum absolute atomic E-state index is 0.0237. The van der Waals surface area contributed by atoms with Gasteiger partial charge in [-0.2, -0.15) is 10.1 Å². The van der Waals surface area contributed by atoms with Crippen molar-refractivity contribution < 1.29 is 9.32 Å². The number of aromatic nitrogens is 4. The predicted molar refractivity (Wildman–Crippen MR) is 91.7 cm³/mol. The van der Waals surface area contributed by atoms with Crippen LogP contribution in [-0.4, -0.2) is 43.8 Å². The van der Waals surface area contributed by atoms with Crippen molar-refractivity contribution in [3.8, 4) is 17.1 Å². The summed E-state index contributed by atoms with van der Waals surface area (Å²) < 4.78 is 6.89. The van der Waals surface area contributed by atoms with Crippen molar-refractivity contribution in [1.29, 1.82) is 0 Å². The highest BCUT2D eigenvalue weighted by Gasteiger charge is 2.25. The summed E-state index contributed by atoms with van der Waals surface area (Å²) in [7, 11) is 0. The summed E-state index contributed by atoms with van der Waals surface area (Å²) in [5, 5.41) is 9.09. The molecule has 0 aliphatic carbocycles. The summed E-state index contributed by atoms with van der Waals surface area (Å²) >= 11 is 5.92. The molecule has 1 aliphatic rings. The number of likely N-dealkylation sites (tertiary alicyclic amines) is 1. The molecule has 25 heavy (non-hydrogen) atoms. The van der Waals surface area contributed by atoms with Crippen LogP contribution in [0.5, 0.6) is 0 Å². The van der Waals surface area contributed by atoms with Gasteiger partial charge in [-0.15, -0.1) is 0 Å². The molecule has 2 aromatic heterocycles. The Morgan fingerprint density at radius 1 is 1.20 bits per heavy atom. The van der Waals surface area contributed by atoms with E-state index >= 15 is 0 Å². The van der Waals surface area contributed by atoms with Gasteiger partial charge in [-0.05, 0) is 44.0 Å². The third-order valence-electron chi connectivity index (χ3n) is 4.23. The fourth-order valence-electron chi connectivity index (χ4n) is 2.88. The van der Waals surface area contributed by atoms with Crippen LogP contribution in [0.15, 0.2) is 35.0 Å². The van der Waals surface area contributed by atoms with Gasteiger partial charge in [0, 0.05) is 24.3 Å². The van der Waals surface area contributed by atoms with Gasteiger partial charge in [0.25, 0.3) is 0 Å². The zero-order valence-electron chi connectivity index (χ0n) is 13.6. The van der Waals surface area contributed by atoms with E-state index in [4.69, 9.17) is 16.1 Å². The molecule has 0 bridgehead atoms. The van der Waals surface area contributed by atoms with Gasteiger partial charge in [0.1, 0.15) is 0 Å². The van der Waals surface area contributed by atoms with Gasteiger partial charge in [-0.3, -0.25) is 4.79 Å². The van der Waals surface area contributed by atoms with Crippen molar-refractivity contribution in [1.82, 2.24) is 24.8 Å². The first-order chi connectivity index (χ1) is 12.1. The van der Waals surface area contributed by atoms with Crippen LogP contribution >= 0.6 is 11.6 Å². The second-order valence-electron chi connectivity index (χ2n) is 5.97. The highest BCUT2D eigenvalue weighted by molar-refractivity contribution is 6.30. The van der Waals surface area contributed by atoms with E-state index in [9.17, 15) is 4.79 Å². The Balaban J connectivity index is 1.62. The van der Waals surface area contributed by atoms with E-state index in [1.54, 1.807) is 21.7 Å². The van der Waals surface area contributed by atoms with Crippen LogP contribution in [0.4, 0.5) is 0 Å². The van der Waals surface area contributed by atoms with E-state index in [0.29, 0.717) is 10.8 Å². The number of benzene rings is 1. The quantitative estimate of drug-likeness (QED) is 0.719. The zero-order chi connectivity index (χ0) is 17.4. The second kappa shape index (κ2) is 6.33. The number of amides is 1. The molecule has 3 aromatic rings. The predicted octanol–water partition coefficient (Wildman–Crippen LogP) is 3.12. The molecule has 0 atom stereocenters. The molecule has 128 valence electrons. The van der Waals surface area contributed by atoms with Crippen LogP contribution in [0.1, 0.15) is 29.2 Å². The molecule has 4 rings (SSSR count). The van der Waals surface area contributed by atoms with Crippen LogP contribution in [-0.2, 0) is 0 Å². The minimum Gasteiger partial charge on any atom is -0.334 e. The third kappa shape index (κ3) is 3.02. The molecule has 1 aliphatic heterocycles. The van der Waals surface area contributed by atoms with Crippen LogP contribution in [0.2, 0.25) is 5.02 Å². The summed E-state index contributed by atoms with van der Waals surface area (Å²) in [6.45, 7) is 3.34. The maximum Gasteiger partial charge on any atom is 0.316 e. The van der Waals surface area contributed by atoms with E-state index in [0.717, 1.165) is 42.9 Å². The summed E-state index contributed by atoms with van der Waals surface area (Å²) in [6.07, 6.45) is 3.84. The van der Waals surface area contributed by atoms with Crippen molar-refractivity contribution in [2.24, 2.45) is 0 Å². The smallest absolute Gasteiger partial charge is 0.316 e. The Hall–Kier alpha value is -2.67. The largest absolute Gasteiger partial charge is 0.334 e. The molecule has 8 heteroatoms. The van der Waals surface area contributed by atoms with Crippen LogP contribution < -0.4 is 0 Å². The van der Waals surface area contributed by atoms with Gasteiger partial charge in [0.15, 0.2) is 0 Å². The number of rotatable bonds is 3. The number of carbonyl (C=O) groups is 1. The van der Waals surface area contributed by atoms with Crippen molar-refractivity contribution in [2.45, 2.75) is 19.8 Å². The SMILES string of the molecule is Cc1nn(-c2ccc(Cl)cc2)cc1-c1noc(C(=O)N2CCCC2)n1. The Morgan fingerprint density at radius 3 is 2.64 bits per heavy atom. The molecule has 7 nitrogen and oxygen atoms in total. The van der Waals surface area contributed by atoms with E-state index in [2.05, 4.69) is 15.2 Å². The normalized spacial score (nSPS) is 14.2. The average molecular weight is 358 g/mol. The van der Waals surface area contributed by atoms with Gasteiger partial charge in [-0.25, -0.2) is 4.68 Å². The summed E-state index contributed by atoms with van der Waals surface area (Å²) in [5.41, 5.74) is 2.34. The molecule has 1 fully saturated rings.